The van der Waals surface area contributed by atoms with Gasteiger partial charge in [0.15, 0.2) is 0 Å². The first-order valence-corrected chi connectivity index (χ1v) is 53.4. The molecule has 812 valence electrons. The summed E-state index contributed by atoms with van der Waals surface area (Å²) in [5, 5.41) is 68.3. The van der Waals surface area contributed by atoms with Crippen molar-refractivity contribution in [3.63, 3.8) is 0 Å². The number of hydrogen-bond donors (Lipinski definition) is 19. The Morgan fingerprint density at radius 3 is 0.853 bits per heavy atom. The predicted octanol–water partition coefficient (Wildman–Crippen LogP) is 4.64. The smallest absolute Gasteiger partial charge is 0.303 e. The van der Waals surface area contributed by atoms with Gasteiger partial charge in [-0.1, -0.05) is 168 Å². The molecule has 43 nitrogen and oxygen atoms in total. The van der Waals surface area contributed by atoms with Crippen LogP contribution in [0.15, 0.2) is 0 Å². The number of likely N-dealkylation sites (tertiary alicyclic amines) is 4. The van der Waals surface area contributed by atoms with Crippen LogP contribution < -0.4 is 81.4 Å². The topological polar surface area (TPSA) is 672 Å². The van der Waals surface area contributed by atoms with Gasteiger partial charge in [-0.15, -0.1) is 0 Å². The van der Waals surface area contributed by atoms with Gasteiger partial charge in [-0.3, -0.25) is 95.9 Å². The van der Waals surface area contributed by atoms with Gasteiger partial charge in [0.05, 0.1) is 13.1 Å². The first kappa shape index (κ1) is 125. The average molecular weight is 2030 g/mol. The van der Waals surface area contributed by atoms with E-state index in [0.717, 1.165) is 57.8 Å². The van der Waals surface area contributed by atoms with Crippen molar-refractivity contribution in [2.75, 3.05) is 65.4 Å². The molecular weight excluding hydrogens is 1850 g/mol. The van der Waals surface area contributed by atoms with Gasteiger partial charge in [0.25, 0.3) is 0 Å². The first-order valence-electron chi connectivity index (χ1n) is 53.4. The highest BCUT2D eigenvalue weighted by atomic mass is 16.4. The molecule has 4 aliphatic heterocycles. The molecule has 0 aliphatic carbocycles. The van der Waals surface area contributed by atoms with Crippen molar-refractivity contribution < 1.29 is 116 Å². The van der Waals surface area contributed by atoms with Crippen LogP contribution >= 0.6 is 0 Å². The second-order valence-corrected chi connectivity index (χ2v) is 38.7. The summed E-state index contributed by atoms with van der Waals surface area (Å²) in [6.07, 6.45) is 27.9. The zero-order chi connectivity index (χ0) is 105. The maximum atomic E-state index is 15.0. The fourth-order valence-corrected chi connectivity index (χ4v) is 18.7. The molecule has 0 bridgehead atoms. The summed E-state index contributed by atoms with van der Waals surface area (Å²) in [5.74, 6) is -18.3. The minimum atomic E-state index is -1.83. The van der Waals surface area contributed by atoms with Crippen molar-refractivity contribution >= 4 is 118 Å². The summed E-state index contributed by atoms with van der Waals surface area (Å²) < 4.78 is 0. The van der Waals surface area contributed by atoms with Crippen LogP contribution in [0.1, 0.15) is 373 Å². The molecule has 4 heterocycles. The lowest BCUT2D eigenvalue weighted by molar-refractivity contribution is -0.153. The molecule has 16 amide bonds. The lowest BCUT2D eigenvalue weighted by atomic mass is 10.0. The van der Waals surface area contributed by atoms with Gasteiger partial charge in [0, 0.05) is 71.2 Å². The van der Waals surface area contributed by atoms with Gasteiger partial charge in [-0.2, -0.15) is 0 Å². The predicted molar refractivity (Wildman–Crippen MR) is 533 cm³/mol. The highest BCUT2D eigenvalue weighted by Gasteiger charge is 2.49. The summed E-state index contributed by atoms with van der Waals surface area (Å²) in [6, 6.07) is -17.4. The Labute approximate surface area is 843 Å². The van der Waals surface area contributed by atoms with Gasteiger partial charge in [-0.05, 0) is 187 Å². The van der Waals surface area contributed by atoms with Gasteiger partial charge >= 0.3 is 23.9 Å². The summed E-state index contributed by atoms with van der Waals surface area (Å²) in [7, 11) is 0. The van der Waals surface area contributed by atoms with Crippen molar-refractivity contribution in [1.82, 2.24) is 78.1 Å². The van der Waals surface area contributed by atoms with Gasteiger partial charge in [0.1, 0.15) is 72.5 Å². The molecule has 0 spiro atoms. The number of nitrogens with two attached hydrogens (primary N) is 4. The van der Waals surface area contributed by atoms with Crippen LogP contribution in [0.3, 0.4) is 0 Å². The van der Waals surface area contributed by atoms with E-state index in [1.807, 2.05) is 0 Å². The van der Waals surface area contributed by atoms with Crippen molar-refractivity contribution in [1.29, 1.82) is 0 Å². The highest BCUT2D eigenvalue weighted by Crippen LogP contribution is 2.32. The quantitative estimate of drug-likeness (QED) is 0.0369. The minimum absolute atomic E-state index is 0.0500. The largest absolute Gasteiger partial charge is 0.481 e. The van der Waals surface area contributed by atoms with Gasteiger partial charge in [0.2, 0.25) is 94.5 Å². The normalized spacial score (nSPS) is 17.2. The Hall–Kier alpha value is -10.7. The van der Waals surface area contributed by atoms with Gasteiger partial charge in [-0.25, -0.2) is 0 Å². The van der Waals surface area contributed by atoms with E-state index in [1.165, 1.54) is 122 Å². The number of carboxylic acid groups (broad SMARTS) is 4. The van der Waals surface area contributed by atoms with Crippen molar-refractivity contribution in [3.8, 4) is 0 Å². The fraction of sp³-hybridized carbons (Fsp3) is 0.800. The number of carbonyl (C=O) groups is 20. The maximum Gasteiger partial charge on any atom is 0.303 e. The van der Waals surface area contributed by atoms with Crippen molar-refractivity contribution in [2.24, 2.45) is 22.9 Å². The number of amides is 16. The van der Waals surface area contributed by atoms with E-state index in [4.69, 9.17) is 22.9 Å². The molecule has 143 heavy (non-hydrogen) atoms. The van der Waals surface area contributed by atoms with E-state index >= 15 is 4.79 Å². The van der Waals surface area contributed by atoms with Gasteiger partial charge < -0.3 is 121 Å². The number of aliphatic carboxylic acids is 4. The Kier molecular flexibility index (Phi) is 63.9. The van der Waals surface area contributed by atoms with Crippen molar-refractivity contribution in [2.45, 2.75) is 446 Å². The molecule has 43 heteroatoms. The van der Waals surface area contributed by atoms with Crippen LogP contribution in [0.2, 0.25) is 0 Å². The van der Waals surface area contributed by atoms with Crippen LogP contribution in [0.5, 0.6) is 0 Å². The number of nitrogens with zero attached hydrogens (tertiary/aromatic N) is 4. The molecule has 0 aromatic carbocycles. The second kappa shape index (κ2) is 73.4. The van der Waals surface area contributed by atoms with E-state index < -0.39 is 249 Å². The van der Waals surface area contributed by atoms with E-state index in [0.29, 0.717) is 44.9 Å². The Bertz CT molecular complexity index is 3980. The molecule has 4 aliphatic rings. The first-order chi connectivity index (χ1) is 68.7. The zero-order valence-corrected chi connectivity index (χ0v) is 85.1. The molecule has 0 radical (unpaired) electrons. The molecule has 1 unspecified atom stereocenters. The van der Waals surface area contributed by atoms with Crippen LogP contribution in [0.25, 0.3) is 0 Å². The molecule has 12 atom stereocenters. The van der Waals surface area contributed by atoms with E-state index in [9.17, 15) is 112 Å². The third-order valence-electron chi connectivity index (χ3n) is 26.9. The molecule has 23 N–H and O–H groups in total. The van der Waals surface area contributed by atoms with Crippen LogP contribution in [-0.2, 0) is 95.9 Å². The number of carboxylic acids is 4. The lowest BCUT2D eigenvalue weighted by Gasteiger charge is -2.36. The van der Waals surface area contributed by atoms with Crippen LogP contribution in [0.4, 0.5) is 0 Å². The molecule has 0 aromatic heterocycles. The standard InChI is InChI=1S/C100H173N19O24/c1-3-5-7-9-11-13-15-17-19-21-23-25-27-49-82(121)105-62-36-32-44-69(108-83(122)50-28-26-24-22-20-18-16-14-12-10-8-6-4-2)89(132)112-73(51-55-85(124)125)93(136)109-70(41-29-33-59-101)90(133)113-74(52-56-86(126)127)94(137)110-71(42-30-34-60-102)91(134)114-75(53-57-87(128)129)95(138)111-72(43-31-35-61-103)92(135)115-76(54-58-88(130)131)97(140)117-64-38-46-78(117)99(142)119-66-40-48-80(119)100(143)118-65-39-47-79(118)98(141)116-63-37-45-77(116)96(139)107-68-84(123)106-67-81(104)120/h69-80H,3-68,101-103H2,1-2H3,(H2,104,120)(H,105,121)(H,106,123)(H,107,139)(H,108,122)(H,109,136)(H,110,137)(H,111,138)(H,112,132)(H,113,133)(H,114,134)(H,115,135)(H,124,125)(H,126,127)(H,128,129)(H,130,131)/t69?,70-,71-,72-,73-,74-,75-,76-,77-,78-,79-,80-/m0/s1. The molecule has 0 aromatic rings. The van der Waals surface area contributed by atoms with Crippen LogP contribution in [-0.4, -0.2) is 296 Å². The summed E-state index contributed by atoms with van der Waals surface area (Å²) in [5.41, 5.74) is 22.7. The summed E-state index contributed by atoms with van der Waals surface area (Å²) >= 11 is 0. The number of hydrogen-bond acceptors (Lipinski definition) is 23. The Morgan fingerprint density at radius 2 is 0.531 bits per heavy atom. The summed E-state index contributed by atoms with van der Waals surface area (Å²) in [6.45, 7) is 4.35. The maximum absolute atomic E-state index is 15.0. The number of carbonyl (C=O) groups excluding carboxylic acids is 16. The van der Waals surface area contributed by atoms with Crippen LogP contribution in [0, 0.1) is 0 Å². The molecular formula is C100H173N19O24. The monoisotopic (exact) mass is 2020 g/mol. The number of nitrogens with one attached hydrogen (secondary N) is 11. The molecule has 4 saturated heterocycles. The number of primary amides is 1. The van der Waals surface area contributed by atoms with E-state index in [2.05, 4.69) is 72.3 Å². The molecule has 4 rings (SSSR count). The molecule has 0 saturated carbocycles. The Morgan fingerprint density at radius 1 is 0.266 bits per heavy atom. The average Bonchev–Trinajstić information content (AvgIpc) is 1.64. The van der Waals surface area contributed by atoms with E-state index in [1.54, 1.807) is 0 Å². The third-order valence-corrected chi connectivity index (χ3v) is 26.9. The minimum Gasteiger partial charge on any atom is -0.481 e. The number of unbranched alkanes of at least 4 members (excludes halogenated alkanes) is 28. The third kappa shape index (κ3) is 50.6. The Balaban J connectivity index is 1.55. The lowest BCUT2D eigenvalue weighted by Crippen LogP contribution is -2.60. The second-order valence-electron chi connectivity index (χ2n) is 38.7. The van der Waals surface area contributed by atoms with E-state index in [-0.39, 0.29) is 161 Å². The molecule has 4 fully saturated rings. The zero-order valence-electron chi connectivity index (χ0n) is 85.1. The SMILES string of the molecule is CCCCCCCCCCCCCCCC(=O)NCCCCC(NC(=O)CCCCCCCCCCCCCCC)C(=O)N[C@@H](CCC(=O)O)C(=O)N[C@@H](CCCCN)C(=O)N[C@@H](CCC(=O)O)C(=O)N[C@@H](CCCCN)C(=O)N[C@@H](CCC(=O)O)C(=O)N[C@@H](CCCCN)C(=O)N[C@@H](CCC(=O)O)C(=O)N1CCC[C@H]1C(=O)N1CCC[C@H]1C(=O)N1CCC[C@H]1C(=O)N1CCC[C@H]1C(=O)NCC(=O)NCC(N)=O. The number of rotatable bonds is 81. The summed E-state index contributed by atoms with van der Waals surface area (Å²) in [4.78, 5) is 280. The highest BCUT2D eigenvalue weighted by molar-refractivity contribution is 6.01. The fourth-order valence-electron chi connectivity index (χ4n) is 18.7. The van der Waals surface area contributed by atoms with Crippen molar-refractivity contribution in [3.05, 3.63) is 0 Å².